The van der Waals surface area contributed by atoms with Crippen molar-refractivity contribution in [2.45, 2.75) is 45.4 Å². The van der Waals surface area contributed by atoms with E-state index in [0.29, 0.717) is 24.5 Å². The first-order valence-electron chi connectivity index (χ1n) is 6.83. The molecule has 2 aromatic heterocycles. The highest BCUT2D eigenvalue weighted by Gasteiger charge is 2.28. The monoisotopic (exact) mass is 293 g/mol. The molecule has 0 atom stereocenters. The zero-order chi connectivity index (χ0) is 14.3. The summed E-state index contributed by atoms with van der Waals surface area (Å²) in [6, 6.07) is 0.466. The van der Waals surface area contributed by atoms with Gasteiger partial charge in [-0.15, -0.1) is 11.3 Å². The van der Waals surface area contributed by atoms with Gasteiger partial charge in [0.2, 0.25) is 0 Å². The number of methoxy groups -OCH3 is 1. The molecular weight excluding hydrogens is 274 g/mol. The smallest absolute Gasteiger partial charge is 0.259 e. The molecule has 108 valence electrons. The second-order valence-corrected chi connectivity index (χ2v) is 6.59. The van der Waals surface area contributed by atoms with Crippen molar-refractivity contribution in [1.82, 2.24) is 15.3 Å². The third-order valence-corrected chi connectivity index (χ3v) is 5.18. The largest absolute Gasteiger partial charge is 0.381 e. The first-order valence-corrected chi connectivity index (χ1v) is 7.65. The van der Waals surface area contributed by atoms with Crippen molar-refractivity contribution >= 4 is 21.6 Å². The van der Waals surface area contributed by atoms with E-state index in [9.17, 15) is 4.79 Å². The van der Waals surface area contributed by atoms with Gasteiger partial charge in [0.1, 0.15) is 10.7 Å². The highest BCUT2D eigenvalue weighted by molar-refractivity contribution is 7.18. The lowest BCUT2D eigenvalue weighted by molar-refractivity contribution is 0.0168. The Labute approximate surface area is 121 Å². The molecule has 1 aliphatic rings. The molecule has 5 nitrogen and oxygen atoms in total. The summed E-state index contributed by atoms with van der Waals surface area (Å²) in [5.41, 5.74) is 1.01. The number of hydrogen-bond donors (Lipinski definition) is 2. The maximum absolute atomic E-state index is 12.1. The Bertz CT molecular complexity index is 686. The van der Waals surface area contributed by atoms with Crippen LogP contribution < -0.4 is 10.9 Å². The van der Waals surface area contributed by atoms with Gasteiger partial charge >= 0.3 is 0 Å². The van der Waals surface area contributed by atoms with Crippen LogP contribution in [0.5, 0.6) is 0 Å². The molecule has 0 amide bonds. The van der Waals surface area contributed by atoms with Gasteiger partial charge < -0.3 is 15.0 Å². The third-order valence-electron chi connectivity index (χ3n) is 4.07. The summed E-state index contributed by atoms with van der Waals surface area (Å²) < 4.78 is 5.25. The summed E-state index contributed by atoms with van der Waals surface area (Å²) in [4.78, 5) is 21.6. The van der Waals surface area contributed by atoms with Crippen molar-refractivity contribution in [1.29, 1.82) is 0 Å². The van der Waals surface area contributed by atoms with Crippen LogP contribution in [0.3, 0.4) is 0 Å². The molecule has 0 spiro atoms. The number of H-pyrrole nitrogens is 1. The predicted molar refractivity (Wildman–Crippen MR) is 80.4 cm³/mol. The van der Waals surface area contributed by atoms with Crippen molar-refractivity contribution in [3.63, 3.8) is 0 Å². The molecule has 0 aromatic carbocycles. The average Bonchev–Trinajstić information content (AvgIpc) is 2.63. The maximum Gasteiger partial charge on any atom is 0.259 e. The van der Waals surface area contributed by atoms with Gasteiger partial charge in [0.25, 0.3) is 5.56 Å². The first kappa shape index (κ1) is 13.7. The number of rotatable bonds is 4. The van der Waals surface area contributed by atoms with E-state index in [1.54, 1.807) is 18.4 Å². The summed E-state index contributed by atoms with van der Waals surface area (Å²) in [7, 11) is 1.75. The van der Waals surface area contributed by atoms with Crippen LogP contribution in [0.2, 0.25) is 0 Å². The Hall–Kier alpha value is -1.24. The summed E-state index contributed by atoms with van der Waals surface area (Å²) in [5.74, 6) is 0.713. The molecule has 1 saturated carbocycles. The molecule has 0 aliphatic heterocycles. The minimum Gasteiger partial charge on any atom is -0.381 e. The van der Waals surface area contributed by atoms with E-state index >= 15 is 0 Å². The zero-order valence-corrected chi connectivity index (χ0v) is 12.8. The molecule has 3 rings (SSSR count). The quantitative estimate of drug-likeness (QED) is 0.903. The lowest BCUT2D eigenvalue weighted by Gasteiger charge is -2.34. The van der Waals surface area contributed by atoms with E-state index in [1.165, 1.54) is 0 Å². The van der Waals surface area contributed by atoms with Crippen LogP contribution in [-0.4, -0.2) is 29.2 Å². The number of nitrogens with zero attached hydrogens (tertiary/aromatic N) is 1. The lowest BCUT2D eigenvalue weighted by Crippen LogP contribution is -2.44. The fourth-order valence-electron chi connectivity index (χ4n) is 2.55. The van der Waals surface area contributed by atoms with Crippen LogP contribution in [0.15, 0.2) is 4.79 Å². The van der Waals surface area contributed by atoms with E-state index in [0.717, 1.165) is 33.5 Å². The number of thiophene rings is 1. The van der Waals surface area contributed by atoms with Crippen molar-refractivity contribution in [2.24, 2.45) is 0 Å². The van der Waals surface area contributed by atoms with Crippen LogP contribution >= 0.6 is 11.3 Å². The van der Waals surface area contributed by atoms with Crippen LogP contribution in [0.1, 0.15) is 29.1 Å². The first-order chi connectivity index (χ1) is 9.58. The molecule has 2 N–H and O–H groups in total. The average molecular weight is 293 g/mol. The molecule has 2 heterocycles. The van der Waals surface area contributed by atoms with Gasteiger partial charge in [0, 0.05) is 18.0 Å². The molecule has 6 heteroatoms. The molecule has 0 unspecified atom stereocenters. The second kappa shape index (κ2) is 5.27. The Kier molecular flexibility index (Phi) is 3.62. The molecule has 1 aliphatic carbocycles. The van der Waals surface area contributed by atoms with Crippen molar-refractivity contribution in [3.8, 4) is 0 Å². The second-order valence-electron chi connectivity index (χ2n) is 5.38. The summed E-state index contributed by atoms with van der Waals surface area (Å²) in [6.07, 6.45) is 2.44. The van der Waals surface area contributed by atoms with E-state index in [1.807, 2.05) is 13.8 Å². The maximum atomic E-state index is 12.1. The topological polar surface area (TPSA) is 67.0 Å². The van der Waals surface area contributed by atoms with Gasteiger partial charge in [0.15, 0.2) is 0 Å². The van der Waals surface area contributed by atoms with Gasteiger partial charge in [-0.25, -0.2) is 4.98 Å². The summed E-state index contributed by atoms with van der Waals surface area (Å²) in [6.45, 7) is 4.60. The fraction of sp³-hybridized carbons (Fsp3) is 0.571. The minimum atomic E-state index is -0.0305. The summed E-state index contributed by atoms with van der Waals surface area (Å²) >= 11 is 1.59. The lowest BCUT2D eigenvalue weighted by atomic mass is 9.89. The number of aryl methyl sites for hydroxylation is 2. The van der Waals surface area contributed by atoms with Gasteiger partial charge in [0.05, 0.1) is 18.0 Å². The van der Waals surface area contributed by atoms with Crippen LogP contribution in [0, 0.1) is 13.8 Å². The predicted octanol–water partition coefficient (Wildman–Crippen LogP) is 1.87. The van der Waals surface area contributed by atoms with Crippen molar-refractivity contribution < 1.29 is 4.74 Å². The highest BCUT2D eigenvalue weighted by atomic mass is 32.1. The standard InChI is InChI=1S/C14H19N3O2S/c1-7-8(2)20-14-12(7)13(18)16-11(17-14)6-15-9-4-10(5-9)19-3/h9-10,15H,4-6H2,1-3H3,(H,16,17,18). The third kappa shape index (κ3) is 2.39. The Morgan fingerprint density at radius 1 is 1.45 bits per heavy atom. The molecule has 0 radical (unpaired) electrons. The van der Waals surface area contributed by atoms with Gasteiger partial charge in [-0.05, 0) is 32.3 Å². The normalized spacial score (nSPS) is 22.1. The van der Waals surface area contributed by atoms with Crippen LogP contribution in [0.4, 0.5) is 0 Å². The zero-order valence-electron chi connectivity index (χ0n) is 11.9. The van der Waals surface area contributed by atoms with E-state index in [2.05, 4.69) is 15.3 Å². The van der Waals surface area contributed by atoms with Gasteiger partial charge in [-0.1, -0.05) is 0 Å². The number of aromatic amines is 1. The molecule has 1 fully saturated rings. The van der Waals surface area contributed by atoms with Crippen molar-refractivity contribution in [2.75, 3.05) is 7.11 Å². The van der Waals surface area contributed by atoms with Gasteiger partial charge in [-0.2, -0.15) is 0 Å². The Balaban J connectivity index is 1.75. The molecule has 20 heavy (non-hydrogen) atoms. The number of hydrogen-bond acceptors (Lipinski definition) is 5. The van der Waals surface area contributed by atoms with E-state index in [4.69, 9.17) is 4.74 Å². The van der Waals surface area contributed by atoms with Gasteiger partial charge in [-0.3, -0.25) is 4.79 Å². The summed E-state index contributed by atoms with van der Waals surface area (Å²) in [5, 5.41) is 4.14. The Morgan fingerprint density at radius 2 is 2.20 bits per heavy atom. The molecule has 0 saturated heterocycles. The molecule has 2 aromatic rings. The van der Waals surface area contributed by atoms with Crippen LogP contribution in [-0.2, 0) is 11.3 Å². The molecule has 0 bridgehead atoms. The number of ether oxygens (including phenoxy) is 1. The van der Waals surface area contributed by atoms with E-state index < -0.39 is 0 Å². The minimum absolute atomic E-state index is 0.0305. The van der Waals surface area contributed by atoms with Crippen molar-refractivity contribution in [3.05, 3.63) is 26.6 Å². The SMILES string of the molecule is COC1CC(NCc2nc3sc(C)c(C)c3c(=O)[nH]2)C1. The number of fused-ring (bicyclic) bond motifs is 1. The van der Waals surface area contributed by atoms with E-state index in [-0.39, 0.29) is 5.56 Å². The highest BCUT2D eigenvalue weighted by Crippen LogP contribution is 2.26. The van der Waals surface area contributed by atoms with Crippen LogP contribution in [0.25, 0.3) is 10.2 Å². The fourth-order valence-corrected chi connectivity index (χ4v) is 3.60. The number of aromatic nitrogens is 2. The molecular formula is C14H19N3O2S. The Morgan fingerprint density at radius 3 is 2.90 bits per heavy atom. The number of nitrogens with one attached hydrogen (secondary N) is 2.